The number of esters is 1. The van der Waals surface area contributed by atoms with Crippen LogP contribution in [0.5, 0.6) is 0 Å². The summed E-state index contributed by atoms with van der Waals surface area (Å²) < 4.78 is 15.0. The zero-order chi connectivity index (χ0) is 11.5. The largest absolute Gasteiger partial charge is 0.466 e. The first-order valence-electron chi connectivity index (χ1n) is 4.72. The highest BCUT2D eigenvalue weighted by atomic mass is 32.1. The molecule has 1 aromatic rings. The summed E-state index contributed by atoms with van der Waals surface area (Å²) in [5.74, 6) is -0.492. The van der Waals surface area contributed by atoms with E-state index in [0.29, 0.717) is 0 Å². The third-order valence-corrected chi connectivity index (χ3v) is 2.48. The second kappa shape index (κ2) is 4.49. The van der Waals surface area contributed by atoms with Crippen LogP contribution < -0.4 is 0 Å². The molecule has 1 saturated heterocycles. The van der Waals surface area contributed by atoms with E-state index in [4.69, 9.17) is 21.7 Å². The number of methoxy groups -OCH3 is 1. The zero-order valence-electron chi connectivity index (χ0n) is 8.58. The monoisotopic (exact) mass is 238 g/mol. The smallest absolute Gasteiger partial charge is 0.354 e. The molecule has 1 aromatic carbocycles. The van der Waals surface area contributed by atoms with Gasteiger partial charge in [0.1, 0.15) is 0 Å². The molecule has 0 N–H and O–H groups in total. The molecule has 0 radical (unpaired) electrons. The fourth-order valence-corrected chi connectivity index (χ4v) is 1.74. The van der Waals surface area contributed by atoms with Crippen LogP contribution in [-0.2, 0) is 19.0 Å². The molecule has 1 aliphatic heterocycles. The Morgan fingerprint density at radius 1 is 1.31 bits per heavy atom. The van der Waals surface area contributed by atoms with Crippen molar-refractivity contribution in [2.45, 2.75) is 12.2 Å². The summed E-state index contributed by atoms with van der Waals surface area (Å²) in [5.41, 5.74) is 0.831. The molecule has 1 fully saturated rings. The van der Waals surface area contributed by atoms with Crippen LogP contribution >= 0.6 is 12.2 Å². The lowest BCUT2D eigenvalue weighted by Gasteiger charge is -2.13. The molecule has 0 aliphatic carbocycles. The van der Waals surface area contributed by atoms with Gasteiger partial charge in [-0.25, -0.2) is 4.79 Å². The van der Waals surface area contributed by atoms with Crippen LogP contribution in [0.25, 0.3) is 0 Å². The summed E-state index contributed by atoms with van der Waals surface area (Å²) in [7, 11) is 1.30. The lowest BCUT2D eigenvalue weighted by molar-refractivity contribution is -0.150. The Kier molecular flexibility index (Phi) is 3.05. The van der Waals surface area contributed by atoms with E-state index in [0.717, 1.165) is 5.56 Å². The van der Waals surface area contributed by atoms with E-state index in [-0.39, 0.29) is 5.24 Å². The molecule has 2 atom stereocenters. The van der Waals surface area contributed by atoms with Gasteiger partial charge in [0, 0.05) is 12.2 Å². The molecule has 84 valence electrons. The average Bonchev–Trinajstić information content (AvgIpc) is 2.71. The third kappa shape index (κ3) is 1.99. The number of carbonyl (C=O) groups is 1. The molecule has 0 saturated carbocycles. The molecular formula is C11H10O4S. The second-order valence-corrected chi connectivity index (χ2v) is 3.59. The van der Waals surface area contributed by atoms with Gasteiger partial charge in [-0.1, -0.05) is 30.3 Å². The highest BCUT2D eigenvalue weighted by Crippen LogP contribution is 2.30. The first-order valence-corrected chi connectivity index (χ1v) is 5.13. The molecule has 0 aromatic heterocycles. The summed E-state index contributed by atoms with van der Waals surface area (Å²) in [6.45, 7) is 0. The van der Waals surface area contributed by atoms with Crippen LogP contribution in [0.2, 0.25) is 0 Å². The third-order valence-electron chi connectivity index (χ3n) is 2.28. The van der Waals surface area contributed by atoms with Crippen molar-refractivity contribution in [2.75, 3.05) is 7.11 Å². The van der Waals surface area contributed by atoms with Crippen molar-refractivity contribution in [3.63, 3.8) is 0 Å². The predicted molar refractivity (Wildman–Crippen MR) is 59.8 cm³/mol. The van der Waals surface area contributed by atoms with Gasteiger partial charge in [0.25, 0.3) is 0 Å². The van der Waals surface area contributed by atoms with Gasteiger partial charge in [-0.05, 0) is 5.56 Å². The first kappa shape index (κ1) is 10.9. The number of carbonyl (C=O) groups excluding carboxylic acids is 1. The minimum absolute atomic E-state index is 0.0238. The van der Waals surface area contributed by atoms with Crippen molar-refractivity contribution in [1.82, 2.24) is 0 Å². The molecule has 16 heavy (non-hydrogen) atoms. The summed E-state index contributed by atoms with van der Waals surface area (Å²) in [6, 6.07) is 9.28. The number of benzene rings is 1. The SMILES string of the molecule is COC(=O)C1OC(=S)OC1c1ccccc1. The van der Waals surface area contributed by atoms with Crippen molar-refractivity contribution in [2.24, 2.45) is 0 Å². The van der Waals surface area contributed by atoms with E-state index in [9.17, 15) is 4.79 Å². The Bertz CT molecular complexity index is 404. The van der Waals surface area contributed by atoms with Gasteiger partial charge in [-0.15, -0.1) is 0 Å². The van der Waals surface area contributed by atoms with Gasteiger partial charge in [0.05, 0.1) is 7.11 Å². The molecule has 5 heteroatoms. The fraction of sp³-hybridized carbons (Fsp3) is 0.273. The summed E-state index contributed by atoms with van der Waals surface area (Å²) in [4.78, 5) is 11.5. The molecule has 4 nitrogen and oxygen atoms in total. The van der Waals surface area contributed by atoms with E-state index in [1.54, 1.807) is 0 Å². The Morgan fingerprint density at radius 3 is 2.62 bits per heavy atom. The lowest BCUT2D eigenvalue weighted by Crippen LogP contribution is -2.27. The standard InChI is InChI=1S/C11H10O4S/c1-13-10(12)9-8(14-11(16)15-9)7-5-3-2-4-6-7/h2-6,8-9H,1H3. The maximum absolute atomic E-state index is 11.5. The van der Waals surface area contributed by atoms with Crippen LogP contribution in [0.3, 0.4) is 0 Å². The van der Waals surface area contributed by atoms with Crippen LogP contribution in [0, 0.1) is 0 Å². The van der Waals surface area contributed by atoms with Gasteiger partial charge in [-0.3, -0.25) is 0 Å². The Labute approximate surface area is 98.1 Å². The molecule has 0 spiro atoms. The Balaban J connectivity index is 2.26. The van der Waals surface area contributed by atoms with Crippen LogP contribution in [0.4, 0.5) is 0 Å². The van der Waals surface area contributed by atoms with Gasteiger partial charge in [-0.2, -0.15) is 0 Å². The predicted octanol–water partition coefficient (Wildman–Crippen LogP) is 1.60. The van der Waals surface area contributed by atoms with Gasteiger partial charge in [0.2, 0.25) is 6.10 Å². The Hall–Kier alpha value is -1.62. The van der Waals surface area contributed by atoms with E-state index < -0.39 is 18.2 Å². The van der Waals surface area contributed by atoms with Crippen molar-refractivity contribution in [3.8, 4) is 0 Å². The molecule has 0 bridgehead atoms. The highest BCUT2D eigenvalue weighted by Gasteiger charge is 2.41. The molecule has 0 amide bonds. The van der Waals surface area contributed by atoms with E-state index >= 15 is 0 Å². The molecule has 1 aliphatic rings. The van der Waals surface area contributed by atoms with Crippen molar-refractivity contribution in [1.29, 1.82) is 0 Å². The highest BCUT2D eigenvalue weighted by molar-refractivity contribution is 7.79. The first-order chi connectivity index (χ1) is 7.72. The van der Waals surface area contributed by atoms with E-state index in [2.05, 4.69) is 4.74 Å². The van der Waals surface area contributed by atoms with Crippen LogP contribution in [0.1, 0.15) is 11.7 Å². The number of hydrogen-bond acceptors (Lipinski definition) is 5. The van der Waals surface area contributed by atoms with Gasteiger partial charge in [0.15, 0.2) is 6.10 Å². The van der Waals surface area contributed by atoms with Gasteiger partial charge < -0.3 is 14.2 Å². The molecule has 2 rings (SSSR count). The summed E-state index contributed by atoms with van der Waals surface area (Å²) in [6.07, 6.45) is -1.35. The number of ether oxygens (including phenoxy) is 3. The second-order valence-electron chi connectivity index (χ2n) is 3.26. The van der Waals surface area contributed by atoms with Crippen molar-refractivity contribution < 1.29 is 19.0 Å². The quantitative estimate of drug-likeness (QED) is 0.578. The fourth-order valence-electron chi connectivity index (χ4n) is 1.53. The van der Waals surface area contributed by atoms with Crippen LogP contribution in [0.15, 0.2) is 30.3 Å². The lowest BCUT2D eigenvalue weighted by atomic mass is 10.0. The Morgan fingerprint density at radius 2 is 2.00 bits per heavy atom. The van der Waals surface area contributed by atoms with Gasteiger partial charge >= 0.3 is 11.2 Å². The maximum Gasteiger partial charge on any atom is 0.354 e. The maximum atomic E-state index is 11.5. The van der Waals surface area contributed by atoms with Crippen molar-refractivity contribution >= 4 is 23.4 Å². The summed E-state index contributed by atoms with van der Waals surface area (Å²) >= 11 is 4.79. The van der Waals surface area contributed by atoms with E-state index in [1.165, 1.54) is 7.11 Å². The average molecular weight is 238 g/mol. The van der Waals surface area contributed by atoms with Crippen molar-refractivity contribution in [3.05, 3.63) is 35.9 Å². The molecule has 2 unspecified atom stereocenters. The topological polar surface area (TPSA) is 44.8 Å². The van der Waals surface area contributed by atoms with Crippen LogP contribution in [-0.4, -0.2) is 24.4 Å². The normalized spacial score (nSPS) is 23.4. The summed E-state index contributed by atoms with van der Waals surface area (Å²) in [5, 5.41) is -0.0238. The minimum Gasteiger partial charge on any atom is -0.466 e. The molecular weight excluding hydrogens is 228 g/mol. The number of rotatable bonds is 2. The zero-order valence-corrected chi connectivity index (χ0v) is 9.40. The minimum atomic E-state index is -0.820. The number of hydrogen-bond donors (Lipinski definition) is 0. The molecule has 1 heterocycles. The number of thiocarbonyl (C=S) groups is 1. The van der Waals surface area contributed by atoms with E-state index in [1.807, 2.05) is 30.3 Å².